The molecule has 2 rings (SSSR count). The van der Waals surface area contributed by atoms with Gasteiger partial charge in [-0.1, -0.05) is 23.7 Å². The minimum Gasteiger partial charge on any atom is -0.388 e. The molecule has 2 atom stereocenters. The Balaban J connectivity index is 2.01. The van der Waals surface area contributed by atoms with E-state index >= 15 is 0 Å². The molecule has 1 aromatic rings. The topological polar surface area (TPSA) is 72.8 Å². The van der Waals surface area contributed by atoms with Crippen molar-refractivity contribution in [2.24, 2.45) is 0 Å². The second-order valence-corrected chi connectivity index (χ2v) is 4.36. The summed E-state index contributed by atoms with van der Waals surface area (Å²) in [6, 6.07) is 6.50. The van der Waals surface area contributed by atoms with Crippen molar-refractivity contribution in [2.75, 3.05) is 18.4 Å². The number of likely N-dealkylation sites (tertiary alicyclic amines) is 1. The Kier molecular flexibility index (Phi) is 3.51. The molecule has 0 bridgehead atoms. The average molecular weight is 257 g/mol. The molecule has 0 spiro atoms. The van der Waals surface area contributed by atoms with E-state index in [9.17, 15) is 15.0 Å². The van der Waals surface area contributed by atoms with Crippen molar-refractivity contribution in [3.8, 4) is 0 Å². The van der Waals surface area contributed by atoms with Crippen LogP contribution in [0.3, 0.4) is 0 Å². The van der Waals surface area contributed by atoms with Gasteiger partial charge in [0.05, 0.1) is 36.0 Å². The van der Waals surface area contributed by atoms with Crippen LogP contribution in [0.5, 0.6) is 0 Å². The number of para-hydroxylation sites is 1. The van der Waals surface area contributed by atoms with Gasteiger partial charge in [0.15, 0.2) is 0 Å². The molecule has 0 aliphatic carbocycles. The summed E-state index contributed by atoms with van der Waals surface area (Å²) in [4.78, 5) is 13.1. The molecule has 5 nitrogen and oxygen atoms in total. The van der Waals surface area contributed by atoms with Crippen molar-refractivity contribution in [2.45, 2.75) is 12.2 Å². The highest BCUT2D eigenvalue weighted by atomic mass is 35.5. The van der Waals surface area contributed by atoms with Crippen LogP contribution in [0, 0.1) is 0 Å². The summed E-state index contributed by atoms with van der Waals surface area (Å²) in [5.41, 5.74) is 0.509. The van der Waals surface area contributed by atoms with Crippen molar-refractivity contribution in [3.63, 3.8) is 0 Å². The van der Waals surface area contributed by atoms with Crippen molar-refractivity contribution >= 4 is 23.3 Å². The number of amides is 2. The van der Waals surface area contributed by atoms with Gasteiger partial charge < -0.3 is 20.4 Å². The Morgan fingerprint density at radius 1 is 1.29 bits per heavy atom. The molecule has 1 aliphatic heterocycles. The number of benzene rings is 1. The zero-order valence-corrected chi connectivity index (χ0v) is 9.76. The monoisotopic (exact) mass is 256 g/mol. The SMILES string of the molecule is O=C(Nc1ccccc1Cl)N1C[C@@H](O)[C@@H](O)C1. The lowest BCUT2D eigenvalue weighted by Crippen LogP contribution is -2.34. The first-order valence-electron chi connectivity index (χ1n) is 5.24. The van der Waals surface area contributed by atoms with Crippen LogP contribution in [0.25, 0.3) is 0 Å². The van der Waals surface area contributed by atoms with Gasteiger partial charge in [0.2, 0.25) is 0 Å². The van der Waals surface area contributed by atoms with Crippen molar-refractivity contribution < 1.29 is 15.0 Å². The van der Waals surface area contributed by atoms with Gasteiger partial charge in [-0.05, 0) is 12.1 Å². The lowest BCUT2D eigenvalue weighted by molar-refractivity contribution is 0.0572. The highest BCUT2D eigenvalue weighted by Crippen LogP contribution is 2.21. The molecule has 6 heteroatoms. The van der Waals surface area contributed by atoms with E-state index in [-0.39, 0.29) is 19.1 Å². The van der Waals surface area contributed by atoms with E-state index in [1.54, 1.807) is 24.3 Å². The lowest BCUT2D eigenvalue weighted by Gasteiger charge is -2.16. The Morgan fingerprint density at radius 3 is 2.47 bits per heavy atom. The molecule has 1 fully saturated rings. The van der Waals surface area contributed by atoms with E-state index in [0.717, 1.165) is 0 Å². The van der Waals surface area contributed by atoms with E-state index in [1.165, 1.54) is 4.90 Å². The quantitative estimate of drug-likeness (QED) is 0.699. The first-order valence-corrected chi connectivity index (χ1v) is 5.62. The molecule has 0 unspecified atom stereocenters. The van der Waals surface area contributed by atoms with Gasteiger partial charge in [-0.2, -0.15) is 0 Å². The predicted molar refractivity (Wildman–Crippen MR) is 64.1 cm³/mol. The summed E-state index contributed by atoms with van der Waals surface area (Å²) in [5, 5.41) is 21.8. The molecule has 0 aromatic heterocycles. The molecule has 1 aromatic carbocycles. The fourth-order valence-corrected chi connectivity index (χ4v) is 1.88. The van der Waals surface area contributed by atoms with Crippen LogP contribution in [0.1, 0.15) is 0 Å². The van der Waals surface area contributed by atoms with Crippen molar-refractivity contribution in [1.82, 2.24) is 4.90 Å². The predicted octanol–water partition coefficient (Wildman–Crippen LogP) is 0.909. The van der Waals surface area contributed by atoms with Crippen LogP contribution in [0.4, 0.5) is 10.5 Å². The molecular weight excluding hydrogens is 244 g/mol. The third-order valence-electron chi connectivity index (χ3n) is 2.66. The van der Waals surface area contributed by atoms with E-state index in [4.69, 9.17) is 11.6 Å². The molecule has 1 aliphatic rings. The number of carbonyl (C=O) groups excluding carboxylic acids is 1. The number of hydrogen-bond donors (Lipinski definition) is 3. The van der Waals surface area contributed by atoms with E-state index in [2.05, 4.69) is 5.32 Å². The van der Waals surface area contributed by atoms with Crippen LogP contribution in [0.2, 0.25) is 5.02 Å². The minimum atomic E-state index is -0.882. The maximum absolute atomic E-state index is 11.8. The Hall–Kier alpha value is -1.30. The number of nitrogens with zero attached hydrogens (tertiary/aromatic N) is 1. The molecule has 92 valence electrons. The second-order valence-electron chi connectivity index (χ2n) is 3.95. The van der Waals surface area contributed by atoms with E-state index in [0.29, 0.717) is 10.7 Å². The molecular formula is C11H13ClN2O3. The van der Waals surface area contributed by atoms with Gasteiger partial charge in [-0.15, -0.1) is 0 Å². The molecule has 3 N–H and O–H groups in total. The summed E-state index contributed by atoms with van der Waals surface area (Å²) in [6.07, 6.45) is -1.76. The molecule has 2 amide bonds. The summed E-state index contributed by atoms with van der Waals surface area (Å²) in [6.45, 7) is 0.245. The van der Waals surface area contributed by atoms with Crippen LogP contribution in [-0.4, -0.2) is 46.4 Å². The van der Waals surface area contributed by atoms with E-state index < -0.39 is 12.2 Å². The fourth-order valence-electron chi connectivity index (χ4n) is 1.69. The number of carbonyl (C=O) groups is 1. The smallest absolute Gasteiger partial charge is 0.322 e. The third kappa shape index (κ3) is 2.69. The first kappa shape index (κ1) is 12.2. The second kappa shape index (κ2) is 4.91. The first-order chi connectivity index (χ1) is 8.08. The standard InChI is InChI=1S/C11H13ClN2O3/c12-7-3-1-2-4-8(7)13-11(17)14-5-9(15)10(16)6-14/h1-4,9-10,15-16H,5-6H2,(H,13,17)/t9-,10+. The van der Waals surface area contributed by atoms with Crippen molar-refractivity contribution in [3.05, 3.63) is 29.3 Å². The molecule has 0 saturated carbocycles. The number of halogens is 1. The summed E-state index contributed by atoms with van der Waals surface area (Å²) < 4.78 is 0. The maximum Gasteiger partial charge on any atom is 0.322 e. The zero-order valence-electron chi connectivity index (χ0n) is 9.01. The van der Waals surface area contributed by atoms with Crippen LogP contribution in [0.15, 0.2) is 24.3 Å². The largest absolute Gasteiger partial charge is 0.388 e. The Bertz CT molecular complexity index is 417. The summed E-state index contributed by atoms with van der Waals surface area (Å²) >= 11 is 5.90. The Labute approximate surface area is 104 Å². The average Bonchev–Trinajstić information content (AvgIpc) is 2.63. The molecule has 0 radical (unpaired) electrons. The van der Waals surface area contributed by atoms with Gasteiger partial charge in [-0.3, -0.25) is 0 Å². The molecule has 17 heavy (non-hydrogen) atoms. The number of anilines is 1. The van der Waals surface area contributed by atoms with Gasteiger partial charge in [0.1, 0.15) is 0 Å². The number of urea groups is 1. The van der Waals surface area contributed by atoms with Gasteiger partial charge in [-0.25, -0.2) is 4.79 Å². The highest BCUT2D eigenvalue weighted by Gasteiger charge is 2.32. The summed E-state index contributed by atoms with van der Waals surface area (Å²) in [7, 11) is 0. The van der Waals surface area contributed by atoms with Crippen LogP contribution in [-0.2, 0) is 0 Å². The van der Waals surface area contributed by atoms with Crippen LogP contribution >= 0.6 is 11.6 Å². The normalized spacial score (nSPS) is 23.8. The number of hydrogen-bond acceptors (Lipinski definition) is 3. The zero-order chi connectivity index (χ0) is 12.4. The summed E-state index contributed by atoms with van der Waals surface area (Å²) in [5.74, 6) is 0. The molecule has 1 saturated heterocycles. The number of aliphatic hydroxyl groups is 2. The highest BCUT2D eigenvalue weighted by molar-refractivity contribution is 6.33. The van der Waals surface area contributed by atoms with E-state index in [1.807, 2.05) is 0 Å². The number of aliphatic hydroxyl groups excluding tert-OH is 2. The van der Waals surface area contributed by atoms with Gasteiger partial charge in [0.25, 0.3) is 0 Å². The number of rotatable bonds is 1. The lowest BCUT2D eigenvalue weighted by atomic mass is 10.3. The minimum absolute atomic E-state index is 0.122. The maximum atomic E-state index is 11.8. The third-order valence-corrected chi connectivity index (χ3v) is 2.99. The molecule has 1 heterocycles. The fraction of sp³-hybridized carbons (Fsp3) is 0.364. The van der Waals surface area contributed by atoms with Crippen molar-refractivity contribution in [1.29, 1.82) is 0 Å². The Morgan fingerprint density at radius 2 is 1.88 bits per heavy atom. The van der Waals surface area contributed by atoms with Crippen LogP contribution < -0.4 is 5.32 Å². The number of β-amino-alcohol motifs (C(OH)–C–C–N with tert-alkyl or cyclic N) is 2. The van der Waals surface area contributed by atoms with Gasteiger partial charge in [0, 0.05) is 0 Å². The van der Waals surface area contributed by atoms with Gasteiger partial charge >= 0.3 is 6.03 Å². The number of nitrogens with one attached hydrogen (secondary N) is 1.